The van der Waals surface area contributed by atoms with Gasteiger partial charge in [-0.15, -0.1) is 16.4 Å². The van der Waals surface area contributed by atoms with Crippen LogP contribution in [0, 0.1) is 6.92 Å². The molecule has 2 heterocycles. The van der Waals surface area contributed by atoms with Crippen LogP contribution in [0.5, 0.6) is 0 Å². The number of carbonyl (C=O) groups is 1. The maximum atomic E-state index is 10.8. The lowest BCUT2D eigenvalue weighted by atomic mass is 10.1. The zero-order valence-corrected chi connectivity index (χ0v) is 11.0. The van der Waals surface area contributed by atoms with Gasteiger partial charge in [-0.05, 0) is 6.92 Å². The van der Waals surface area contributed by atoms with E-state index in [9.17, 15) is 4.79 Å². The lowest BCUT2D eigenvalue weighted by Crippen LogP contribution is -2.03. The summed E-state index contributed by atoms with van der Waals surface area (Å²) in [6.45, 7) is 2.02. The van der Waals surface area contributed by atoms with Crippen molar-refractivity contribution in [1.29, 1.82) is 0 Å². The van der Waals surface area contributed by atoms with Gasteiger partial charge >= 0.3 is 5.97 Å². The van der Waals surface area contributed by atoms with Crippen LogP contribution < -0.4 is 0 Å². The smallest absolute Gasteiger partial charge is 0.309 e. The van der Waals surface area contributed by atoms with E-state index >= 15 is 0 Å². The second-order valence-electron chi connectivity index (χ2n) is 4.29. The molecule has 0 fully saturated rings. The number of aliphatic carboxylic acids is 1. The van der Waals surface area contributed by atoms with E-state index in [2.05, 4.69) is 10.1 Å². The first kappa shape index (κ1) is 11.9. The molecule has 0 aliphatic rings. The summed E-state index contributed by atoms with van der Waals surface area (Å²) >= 11 is 1.40. The highest BCUT2D eigenvalue weighted by molar-refractivity contribution is 7.15. The van der Waals surface area contributed by atoms with Gasteiger partial charge in [-0.1, -0.05) is 29.8 Å². The molecule has 5 nitrogen and oxygen atoms in total. The zero-order chi connectivity index (χ0) is 13.4. The van der Waals surface area contributed by atoms with Crippen molar-refractivity contribution in [2.24, 2.45) is 0 Å². The van der Waals surface area contributed by atoms with Crippen molar-refractivity contribution in [3.8, 4) is 11.4 Å². The molecule has 1 aromatic carbocycles. The quantitative estimate of drug-likeness (QED) is 0.795. The van der Waals surface area contributed by atoms with Gasteiger partial charge in [0.15, 0.2) is 5.82 Å². The number of aromatic nitrogens is 3. The maximum Gasteiger partial charge on any atom is 0.309 e. The molecule has 0 saturated carbocycles. The van der Waals surface area contributed by atoms with E-state index in [4.69, 9.17) is 5.11 Å². The van der Waals surface area contributed by atoms with E-state index in [0.29, 0.717) is 16.5 Å². The van der Waals surface area contributed by atoms with Gasteiger partial charge in [0.25, 0.3) is 0 Å². The van der Waals surface area contributed by atoms with Gasteiger partial charge in [0.1, 0.15) is 0 Å². The first-order chi connectivity index (χ1) is 9.13. The standard InChI is InChI=1S/C13H11N3O2S/c1-8-2-4-9(5-3-8)12-14-13-16(15-12)10(7-19-13)6-11(17)18/h2-5,7H,6H2,1H3,(H,17,18). The summed E-state index contributed by atoms with van der Waals surface area (Å²) in [5.41, 5.74) is 2.76. The predicted molar refractivity (Wildman–Crippen MR) is 72.4 cm³/mol. The van der Waals surface area contributed by atoms with Gasteiger partial charge in [-0.25, -0.2) is 4.52 Å². The topological polar surface area (TPSA) is 67.5 Å². The Hall–Kier alpha value is -2.21. The van der Waals surface area contributed by atoms with Crippen LogP contribution in [-0.2, 0) is 11.2 Å². The molecule has 96 valence electrons. The number of rotatable bonds is 3. The monoisotopic (exact) mass is 273 g/mol. The Balaban J connectivity index is 2.04. The number of nitrogens with zero attached hydrogens (tertiary/aromatic N) is 3. The summed E-state index contributed by atoms with van der Waals surface area (Å²) < 4.78 is 1.61. The predicted octanol–water partition coefficient (Wildman–Crippen LogP) is 2.39. The second-order valence-corrected chi connectivity index (χ2v) is 5.13. The van der Waals surface area contributed by atoms with Gasteiger partial charge in [-0.2, -0.15) is 4.98 Å². The molecule has 1 N–H and O–H groups in total. The average Bonchev–Trinajstić information content (AvgIpc) is 2.92. The number of thiazole rings is 1. The van der Waals surface area contributed by atoms with Crippen molar-refractivity contribution in [2.75, 3.05) is 0 Å². The fourth-order valence-electron chi connectivity index (χ4n) is 1.83. The number of carboxylic acid groups (broad SMARTS) is 1. The minimum Gasteiger partial charge on any atom is -0.481 e. The van der Waals surface area contributed by atoms with Crippen LogP contribution >= 0.6 is 11.3 Å². The summed E-state index contributed by atoms with van der Waals surface area (Å²) in [4.78, 5) is 15.9. The molecule has 0 saturated heterocycles. The normalized spacial score (nSPS) is 11.0. The average molecular weight is 273 g/mol. The van der Waals surface area contributed by atoms with Crippen LogP contribution in [-0.4, -0.2) is 25.7 Å². The van der Waals surface area contributed by atoms with Crippen LogP contribution in [0.4, 0.5) is 0 Å². The third-order valence-electron chi connectivity index (χ3n) is 2.79. The van der Waals surface area contributed by atoms with Crippen molar-refractivity contribution in [3.05, 3.63) is 40.9 Å². The molecule has 19 heavy (non-hydrogen) atoms. The second kappa shape index (κ2) is 4.47. The number of hydrogen-bond donors (Lipinski definition) is 1. The molecule has 3 aromatic rings. The van der Waals surface area contributed by atoms with Crippen LogP contribution in [0.15, 0.2) is 29.6 Å². The summed E-state index contributed by atoms with van der Waals surface area (Å²) in [7, 11) is 0. The van der Waals surface area contributed by atoms with Crippen molar-refractivity contribution in [1.82, 2.24) is 14.6 Å². The number of aryl methyl sites for hydroxylation is 1. The molecule has 6 heteroatoms. The molecule has 0 aliphatic heterocycles. The molecular weight excluding hydrogens is 262 g/mol. The minimum atomic E-state index is -0.868. The Morgan fingerprint density at radius 1 is 1.37 bits per heavy atom. The molecule has 0 spiro atoms. The Morgan fingerprint density at radius 2 is 2.11 bits per heavy atom. The van der Waals surface area contributed by atoms with Crippen LogP contribution in [0.2, 0.25) is 0 Å². The molecule has 2 aromatic heterocycles. The van der Waals surface area contributed by atoms with Crippen LogP contribution in [0.1, 0.15) is 11.3 Å². The van der Waals surface area contributed by atoms with E-state index in [1.165, 1.54) is 16.9 Å². The van der Waals surface area contributed by atoms with E-state index in [1.54, 1.807) is 9.90 Å². The Labute approximate surface area is 113 Å². The number of benzene rings is 1. The van der Waals surface area contributed by atoms with E-state index < -0.39 is 5.97 Å². The highest BCUT2D eigenvalue weighted by atomic mass is 32.1. The largest absolute Gasteiger partial charge is 0.481 e. The first-order valence-corrected chi connectivity index (χ1v) is 6.63. The highest BCUT2D eigenvalue weighted by Gasteiger charge is 2.13. The van der Waals surface area contributed by atoms with Crippen molar-refractivity contribution in [3.63, 3.8) is 0 Å². The summed E-state index contributed by atoms with van der Waals surface area (Å²) in [6, 6.07) is 7.93. The van der Waals surface area contributed by atoms with E-state index in [0.717, 1.165) is 5.56 Å². The maximum absolute atomic E-state index is 10.8. The number of fused-ring (bicyclic) bond motifs is 1. The van der Waals surface area contributed by atoms with Gasteiger partial charge in [0.05, 0.1) is 12.1 Å². The van der Waals surface area contributed by atoms with Gasteiger partial charge in [0.2, 0.25) is 4.96 Å². The first-order valence-electron chi connectivity index (χ1n) is 5.75. The molecule has 0 aliphatic carbocycles. The van der Waals surface area contributed by atoms with Gasteiger partial charge < -0.3 is 5.11 Å². The number of carboxylic acids is 1. The Kier molecular flexibility index (Phi) is 2.79. The van der Waals surface area contributed by atoms with Crippen LogP contribution in [0.3, 0.4) is 0 Å². The van der Waals surface area contributed by atoms with Gasteiger partial charge in [-0.3, -0.25) is 4.79 Å². The molecule has 3 rings (SSSR count). The lowest BCUT2D eigenvalue weighted by molar-refractivity contribution is -0.136. The minimum absolute atomic E-state index is 0.0449. The summed E-state index contributed by atoms with van der Waals surface area (Å²) in [5.74, 6) is -0.245. The molecule has 0 radical (unpaired) electrons. The van der Waals surface area contributed by atoms with E-state index in [-0.39, 0.29) is 6.42 Å². The van der Waals surface area contributed by atoms with Crippen LogP contribution in [0.25, 0.3) is 16.3 Å². The Bertz CT molecular complexity index is 743. The van der Waals surface area contributed by atoms with Crippen molar-refractivity contribution in [2.45, 2.75) is 13.3 Å². The molecule has 0 amide bonds. The zero-order valence-electron chi connectivity index (χ0n) is 10.2. The summed E-state index contributed by atoms with van der Waals surface area (Å²) in [5, 5.41) is 15.0. The van der Waals surface area contributed by atoms with Crippen molar-refractivity contribution >= 4 is 22.3 Å². The molecule has 0 bridgehead atoms. The molecule has 0 unspecified atom stereocenters. The number of hydrogen-bond acceptors (Lipinski definition) is 4. The lowest BCUT2D eigenvalue weighted by Gasteiger charge is -1.96. The highest BCUT2D eigenvalue weighted by Crippen LogP contribution is 2.21. The SMILES string of the molecule is Cc1ccc(-c2nc3scc(CC(=O)O)n3n2)cc1. The summed E-state index contributed by atoms with van der Waals surface area (Å²) in [6.07, 6.45) is -0.0449. The Morgan fingerprint density at radius 3 is 2.79 bits per heavy atom. The fourth-order valence-corrected chi connectivity index (χ4v) is 2.65. The third kappa shape index (κ3) is 2.22. The van der Waals surface area contributed by atoms with E-state index in [1.807, 2.05) is 31.2 Å². The molecule has 0 atom stereocenters. The third-order valence-corrected chi connectivity index (χ3v) is 3.66. The van der Waals surface area contributed by atoms with Crippen molar-refractivity contribution < 1.29 is 9.90 Å². The fraction of sp³-hybridized carbons (Fsp3) is 0.154. The van der Waals surface area contributed by atoms with Gasteiger partial charge in [0, 0.05) is 10.9 Å². The molecular formula is C13H11N3O2S.